The second-order valence-electron chi connectivity index (χ2n) is 4.58. The van der Waals surface area contributed by atoms with Crippen LogP contribution in [0.2, 0.25) is 0 Å². The molecule has 0 atom stereocenters. The van der Waals surface area contributed by atoms with Crippen molar-refractivity contribution in [1.82, 2.24) is 19.7 Å². The third-order valence-corrected chi connectivity index (χ3v) is 3.78. The minimum atomic E-state index is 0.139. The van der Waals surface area contributed by atoms with Gasteiger partial charge in [-0.25, -0.2) is 0 Å². The number of benzene rings is 1. The Morgan fingerprint density at radius 3 is 2.84 bits per heavy atom. The summed E-state index contributed by atoms with van der Waals surface area (Å²) in [5, 5.41) is 7.93. The maximum absolute atomic E-state index is 12.2. The molecule has 0 saturated heterocycles. The van der Waals surface area contributed by atoms with Gasteiger partial charge in [-0.1, -0.05) is 28.1 Å². The van der Waals surface area contributed by atoms with Gasteiger partial charge in [-0.2, -0.15) is 0 Å². The van der Waals surface area contributed by atoms with Gasteiger partial charge in [0, 0.05) is 23.1 Å². The van der Waals surface area contributed by atoms with Crippen LogP contribution in [0.3, 0.4) is 0 Å². The molecule has 2 aromatic rings. The zero-order valence-electron chi connectivity index (χ0n) is 10.3. The first kappa shape index (κ1) is 12.5. The molecule has 19 heavy (non-hydrogen) atoms. The Bertz CT molecular complexity index is 593. The molecule has 1 aliphatic heterocycles. The average molecular weight is 321 g/mol. The van der Waals surface area contributed by atoms with Crippen molar-refractivity contribution in [2.75, 3.05) is 13.1 Å². The summed E-state index contributed by atoms with van der Waals surface area (Å²) in [6.45, 7) is 2.81. The molecule has 0 aliphatic carbocycles. The first-order valence-corrected chi connectivity index (χ1v) is 6.89. The Balaban J connectivity index is 1.66. The number of hydrogen-bond acceptors (Lipinski definition) is 4. The van der Waals surface area contributed by atoms with Crippen molar-refractivity contribution in [2.24, 2.45) is 0 Å². The molecule has 98 valence electrons. The Hall–Kier alpha value is -1.53. The number of Topliss-reactive ketones (excluding diaryl/α,β-unsaturated/α-hetero) is 1. The molecule has 0 saturated carbocycles. The topological polar surface area (TPSA) is 51.0 Å². The maximum atomic E-state index is 12.2. The number of aromatic nitrogens is 3. The lowest BCUT2D eigenvalue weighted by Crippen LogP contribution is -2.37. The van der Waals surface area contributed by atoms with Gasteiger partial charge in [0.05, 0.1) is 13.1 Å². The lowest BCUT2D eigenvalue weighted by Gasteiger charge is -2.26. The Morgan fingerprint density at radius 2 is 2.05 bits per heavy atom. The highest BCUT2D eigenvalue weighted by molar-refractivity contribution is 9.10. The molecule has 0 amide bonds. The highest BCUT2D eigenvalue weighted by Gasteiger charge is 2.19. The van der Waals surface area contributed by atoms with Crippen molar-refractivity contribution in [3.8, 4) is 0 Å². The van der Waals surface area contributed by atoms with Crippen LogP contribution in [0.5, 0.6) is 0 Å². The Labute approximate surface area is 119 Å². The fourth-order valence-corrected chi connectivity index (χ4v) is 2.45. The minimum absolute atomic E-state index is 0.139. The molecule has 6 heteroatoms. The molecule has 1 aromatic carbocycles. The quantitative estimate of drug-likeness (QED) is 0.808. The van der Waals surface area contributed by atoms with Crippen LogP contribution in [0.25, 0.3) is 0 Å². The first-order valence-electron chi connectivity index (χ1n) is 6.10. The van der Waals surface area contributed by atoms with E-state index in [1.165, 1.54) is 0 Å². The van der Waals surface area contributed by atoms with E-state index in [1.807, 2.05) is 28.8 Å². The van der Waals surface area contributed by atoms with Crippen LogP contribution in [-0.2, 0) is 13.1 Å². The molecular formula is C13H13BrN4O. The van der Waals surface area contributed by atoms with E-state index in [9.17, 15) is 4.79 Å². The number of carbonyl (C=O) groups is 1. The van der Waals surface area contributed by atoms with E-state index < -0.39 is 0 Å². The van der Waals surface area contributed by atoms with Gasteiger partial charge in [-0.15, -0.1) is 10.2 Å². The van der Waals surface area contributed by atoms with Gasteiger partial charge < -0.3 is 4.57 Å². The molecule has 0 bridgehead atoms. The Kier molecular flexibility index (Phi) is 3.44. The van der Waals surface area contributed by atoms with Crippen LogP contribution < -0.4 is 0 Å². The SMILES string of the molecule is O=C(CN1CCn2cnnc2C1)c1ccc(Br)cc1. The van der Waals surface area contributed by atoms with Gasteiger partial charge in [0.25, 0.3) is 0 Å². The number of ketones is 1. The summed E-state index contributed by atoms with van der Waals surface area (Å²) >= 11 is 3.37. The molecule has 0 N–H and O–H groups in total. The number of halogens is 1. The van der Waals surface area contributed by atoms with Gasteiger partial charge in [0.15, 0.2) is 5.78 Å². The van der Waals surface area contributed by atoms with E-state index in [2.05, 4.69) is 31.0 Å². The molecule has 1 aliphatic rings. The minimum Gasteiger partial charge on any atom is -0.315 e. The highest BCUT2D eigenvalue weighted by Crippen LogP contribution is 2.13. The predicted octanol–water partition coefficient (Wildman–Crippen LogP) is 1.74. The highest BCUT2D eigenvalue weighted by atomic mass is 79.9. The van der Waals surface area contributed by atoms with Crippen LogP contribution in [0, 0.1) is 0 Å². The van der Waals surface area contributed by atoms with Crippen molar-refractivity contribution in [3.63, 3.8) is 0 Å². The standard InChI is InChI=1S/C13H13BrN4O/c14-11-3-1-10(2-4-11)12(19)7-17-5-6-18-9-15-16-13(18)8-17/h1-4,9H,5-8H2. The van der Waals surface area contributed by atoms with Gasteiger partial charge >= 0.3 is 0 Å². The summed E-state index contributed by atoms with van der Waals surface area (Å²) in [6.07, 6.45) is 1.74. The normalized spacial score (nSPS) is 15.2. The van der Waals surface area contributed by atoms with Crippen LogP contribution in [-0.4, -0.2) is 38.5 Å². The fraction of sp³-hybridized carbons (Fsp3) is 0.308. The zero-order chi connectivity index (χ0) is 13.2. The van der Waals surface area contributed by atoms with E-state index in [0.29, 0.717) is 13.1 Å². The average Bonchev–Trinajstić information content (AvgIpc) is 2.87. The van der Waals surface area contributed by atoms with Gasteiger partial charge in [0.1, 0.15) is 12.2 Å². The van der Waals surface area contributed by atoms with Crippen molar-refractivity contribution in [1.29, 1.82) is 0 Å². The molecule has 0 fully saturated rings. The number of carbonyl (C=O) groups excluding carboxylic acids is 1. The smallest absolute Gasteiger partial charge is 0.176 e. The van der Waals surface area contributed by atoms with Crippen molar-refractivity contribution >= 4 is 21.7 Å². The van der Waals surface area contributed by atoms with Crippen LogP contribution in [0.15, 0.2) is 35.1 Å². The molecule has 1 aromatic heterocycles. The van der Waals surface area contributed by atoms with Crippen LogP contribution in [0.4, 0.5) is 0 Å². The summed E-state index contributed by atoms with van der Waals surface area (Å²) < 4.78 is 3.01. The lowest BCUT2D eigenvalue weighted by atomic mass is 10.1. The van der Waals surface area contributed by atoms with Crippen molar-refractivity contribution in [3.05, 3.63) is 46.5 Å². The fourth-order valence-electron chi connectivity index (χ4n) is 2.18. The van der Waals surface area contributed by atoms with E-state index in [4.69, 9.17) is 0 Å². The van der Waals surface area contributed by atoms with Gasteiger partial charge in [-0.05, 0) is 12.1 Å². The van der Waals surface area contributed by atoms with E-state index in [1.54, 1.807) is 6.33 Å². The molecule has 0 radical (unpaired) electrons. The third kappa shape index (κ3) is 2.74. The van der Waals surface area contributed by atoms with Gasteiger partial charge in [0.2, 0.25) is 0 Å². The maximum Gasteiger partial charge on any atom is 0.176 e. The van der Waals surface area contributed by atoms with Gasteiger partial charge in [-0.3, -0.25) is 9.69 Å². The second-order valence-corrected chi connectivity index (χ2v) is 5.50. The van der Waals surface area contributed by atoms with E-state index >= 15 is 0 Å². The number of hydrogen-bond donors (Lipinski definition) is 0. The molecule has 3 rings (SSSR count). The largest absolute Gasteiger partial charge is 0.315 e. The summed E-state index contributed by atoms with van der Waals surface area (Å²) in [5.41, 5.74) is 0.746. The third-order valence-electron chi connectivity index (χ3n) is 3.25. The number of nitrogens with zero attached hydrogens (tertiary/aromatic N) is 4. The van der Waals surface area contributed by atoms with Crippen LogP contribution in [0.1, 0.15) is 16.2 Å². The molecule has 0 spiro atoms. The monoisotopic (exact) mass is 320 g/mol. The van der Waals surface area contributed by atoms with Crippen molar-refractivity contribution in [2.45, 2.75) is 13.1 Å². The van der Waals surface area contributed by atoms with Crippen molar-refractivity contribution < 1.29 is 4.79 Å². The molecule has 2 heterocycles. The molecule has 0 unspecified atom stereocenters. The number of rotatable bonds is 3. The molecular weight excluding hydrogens is 308 g/mol. The van der Waals surface area contributed by atoms with E-state index in [-0.39, 0.29) is 5.78 Å². The zero-order valence-corrected chi connectivity index (χ0v) is 11.9. The molecule has 5 nitrogen and oxygen atoms in total. The van der Waals surface area contributed by atoms with Crippen LogP contribution >= 0.6 is 15.9 Å². The summed E-state index contributed by atoms with van der Waals surface area (Å²) in [4.78, 5) is 14.3. The summed E-state index contributed by atoms with van der Waals surface area (Å²) in [5.74, 6) is 1.07. The Morgan fingerprint density at radius 1 is 1.26 bits per heavy atom. The second kappa shape index (κ2) is 5.22. The predicted molar refractivity (Wildman–Crippen MR) is 73.8 cm³/mol. The summed E-state index contributed by atoms with van der Waals surface area (Å²) in [6, 6.07) is 7.47. The van der Waals surface area contributed by atoms with E-state index in [0.717, 1.165) is 29.0 Å². The number of fused-ring (bicyclic) bond motifs is 1. The lowest BCUT2D eigenvalue weighted by molar-refractivity contribution is 0.0908. The first-order chi connectivity index (χ1) is 9.22. The summed E-state index contributed by atoms with van der Waals surface area (Å²) in [7, 11) is 0.